The van der Waals surface area contributed by atoms with Crippen LogP contribution in [0.5, 0.6) is 0 Å². The normalized spacial score (nSPS) is 11.0. The van der Waals surface area contributed by atoms with Crippen molar-refractivity contribution in [1.82, 2.24) is 24.7 Å². The van der Waals surface area contributed by atoms with Crippen LogP contribution in [0.3, 0.4) is 0 Å². The molecule has 0 atom stereocenters. The van der Waals surface area contributed by atoms with E-state index in [0.717, 1.165) is 16.5 Å². The highest BCUT2D eigenvalue weighted by atomic mass is 16.1. The van der Waals surface area contributed by atoms with Crippen LogP contribution < -0.4 is 11.3 Å². The molecule has 3 heterocycles. The Balaban J connectivity index is 2.01. The van der Waals surface area contributed by atoms with Gasteiger partial charge >= 0.3 is 0 Å². The SMILES string of the molecule is C=C(C)c1nc(-c2ccc3c(=O)[nH]ccc3c2)c(-c2ccn(C)n2)nc1N. The highest BCUT2D eigenvalue weighted by Crippen LogP contribution is 2.32. The fraction of sp³-hybridized carbons (Fsp3) is 0.100. The van der Waals surface area contributed by atoms with Crippen molar-refractivity contribution in [3.05, 3.63) is 65.4 Å². The van der Waals surface area contributed by atoms with Gasteiger partial charge in [0.2, 0.25) is 0 Å². The van der Waals surface area contributed by atoms with Gasteiger partial charge in [-0.15, -0.1) is 0 Å². The topological polar surface area (TPSA) is 102 Å². The van der Waals surface area contributed by atoms with Gasteiger partial charge in [-0.3, -0.25) is 9.48 Å². The second-order valence-corrected chi connectivity index (χ2v) is 6.42. The molecule has 0 bridgehead atoms. The van der Waals surface area contributed by atoms with Gasteiger partial charge in [-0.1, -0.05) is 12.6 Å². The third-order valence-electron chi connectivity index (χ3n) is 4.33. The van der Waals surface area contributed by atoms with Crippen molar-refractivity contribution in [2.45, 2.75) is 6.92 Å². The molecule has 1 aromatic carbocycles. The van der Waals surface area contributed by atoms with Gasteiger partial charge in [0.1, 0.15) is 17.1 Å². The molecule has 0 aliphatic rings. The average molecular weight is 358 g/mol. The fourth-order valence-electron chi connectivity index (χ4n) is 3.02. The molecule has 4 aromatic rings. The number of rotatable bonds is 3. The van der Waals surface area contributed by atoms with E-state index in [0.29, 0.717) is 34.0 Å². The number of allylic oxidation sites excluding steroid dienone is 1. The number of hydrogen-bond donors (Lipinski definition) is 2. The first-order valence-electron chi connectivity index (χ1n) is 8.39. The molecular formula is C20H18N6O. The van der Waals surface area contributed by atoms with Gasteiger partial charge in [0.05, 0.1) is 5.69 Å². The number of nitrogens with zero attached hydrogens (tertiary/aromatic N) is 4. The van der Waals surface area contributed by atoms with E-state index in [2.05, 4.69) is 21.6 Å². The lowest BCUT2D eigenvalue weighted by atomic mass is 10.0. The lowest BCUT2D eigenvalue weighted by Gasteiger charge is -2.12. The van der Waals surface area contributed by atoms with Gasteiger partial charge in [-0.2, -0.15) is 5.10 Å². The summed E-state index contributed by atoms with van der Waals surface area (Å²) in [6.07, 6.45) is 3.46. The molecule has 0 spiro atoms. The predicted octanol–water partition coefficient (Wildman–Crippen LogP) is 3.00. The largest absolute Gasteiger partial charge is 0.382 e. The van der Waals surface area contributed by atoms with E-state index >= 15 is 0 Å². The van der Waals surface area contributed by atoms with Gasteiger partial charge in [0, 0.05) is 30.4 Å². The number of aromatic nitrogens is 5. The number of aromatic amines is 1. The minimum absolute atomic E-state index is 0.130. The van der Waals surface area contributed by atoms with Gasteiger partial charge in [0.15, 0.2) is 5.82 Å². The molecule has 0 saturated heterocycles. The van der Waals surface area contributed by atoms with Crippen molar-refractivity contribution < 1.29 is 0 Å². The van der Waals surface area contributed by atoms with E-state index < -0.39 is 0 Å². The fourth-order valence-corrected chi connectivity index (χ4v) is 3.02. The summed E-state index contributed by atoms with van der Waals surface area (Å²) in [5, 5.41) is 5.87. The molecule has 0 aliphatic heterocycles. The quantitative estimate of drug-likeness (QED) is 0.586. The third-order valence-corrected chi connectivity index (χ3v) is 4.33. The Bertz CT molecular complexity index is 1250. The standard InChI is InChI=1S/C20H18N6O/c1-11(2)16-19(21)24-18(15-7-9-26(3)25-15)17(23-16)13-4-5-14-12(10-13)6-8-22-20(14)27/h4-10H,1H2,2-3H3,(H2,21,24)(H,22,27). The Labute approximate surface area is 155 Å². The number of nitrogen functional groups attached to an aromatic ring is 1. The van der Waals surface area contributed by atoms with Crippen LogP contribution >= 0.6 is 0 Å². The minimum Gasteiger partial charge on any atom is -0.382 e. The summed E-state index contributed by atoms with van der Waals surface area (Å²) in [5.74, 6) is 0.309. The first-order valence-corrected chi connectivity index (χ1v) is 8.39. The summed E-state index contributed by atoms with van der Waals surface area (Å²) in [6, 6.07) is 9.26. The van der Waals surface area contributed by atoms with E-state index in [1.807, 2.05) is 44.4 Å². The molecule has 3 aromatic heterocycles. The number of anilines is 1. The van der Waals surface area contributed by atoms with E-state index in [1.54, 1.807) is 16.9 Å². The Morgan fingerprint density at radius 2 is 2.00 bits per heavy atom. The van der Waals surface area contributed by atoms with Crippen molar-refractivity contribution in [1.29, 1.82) is 0 Å². The molecular weight excluding hydrogens is 340 g/mol. The summed E-state index contributed by atoms with van der Waals surface area (Å²) < 4.78 is 1.70. The molecule has 0 radical (unpaired) electrons. The molecule has 7 nitrogen and oxygen atoms in total. The minimum atomic E-state index is -0.130. The van der Waals surface area contributed by atoms with Crippen LogP contribution in [0.2, 0.25) is 0 Å². The summed E-state index contributed by atoms with van der Waals surface area (Å²) >= 11 is 0. The number of aryl methyl sites for hydroxylation is 1. The van der Waals surface area contributed by atoms with Crippen molar-refractivity contribution >= 4 is 22.2 Å². The van der Waals surface area contributed by atoms with Gasteiger partial charge in [-0.05, 0) is 42.1 Å². The maximum atomic E-state index is 12.0. The summed E-state index contributed by atoms with van der Waals surface area (Å²) in [7, 11) is 1.84. The number of benzene rings is 1. The maximum Gasteiger partial charge on any atom is 0.255 e. The second-order valence-electron chi connectivity index (χ2n) is 6.42. The molecule has 4 rings (SSSR count). The van der Waals surface area contributed by atoms with E-state index in [9.17, 15) is 4.79 Å². The second kappa shape index (κ2) is 6.21. The van der Waals surface area contributed by atoms with Crippen LogP contribution in [-0.4, -0.2) is 24.7 Å². The van der Waals surface area contributed by atoms with E-state index in [-0.39, 0.29) is 5.56 Å². The zero-order chi connectivity index (χ0) is 19.1. The average Bonchev–Trinajstić information content (AvgIpc) is 3.07. The highest BCUT2D eigenvalue weighted by molar-refractivity contribution is 5.89. The van der Waals surface area contributed by atoms with E-state index in [1.165, 1.54) is 0 Å². The first-order chi connectivity index (χ1) is 12.9. The number of nitrogens with two attached hydrogens (primary N) is 1. The van der Waals surface area contributed by atoms with Crippen LogP contribution in [0.4, 0.5) is 5.82 Å². The van der Waals surface area contributed by atoms with Crippen molar-refractivity contribution in [2.24, 2.45) is 7.05 Å². The Kier molecular flexibility index (Phi) is 3.84. The number of nitrogens with one attached hydrogen (secondary N) is 1. The van der Waals surface area contributed by atoms with Crippen LogP contribution in [0.25, 0.3) is 39.0 Å². The van der Waals surface area contributed by atoms with Gasteiger partial charge in [0.25, 0.3) is 5.56 Å². The van der Waals surface area contributed by atoms with Crippen LogP contribution in [0.15, 0.2) is 54.1 Å². The molecule has 0 amide bonds. The van der Waals surface area contributed by atoms with Gasteiger partial charge in [-0.25, -0.2) is 9.97 Å². The monoisotopic (exact) mass is 358 g/mol. The zero-order valence-corrected chi connectivity index (χ0v) is 15.0. The lowest BCUT2D eigenvalue weighted by molar-refractivity contribution is 0.770. The van der Waals surface area contributed by atoms with Crippen LogP contribution in [0, 0.1) is 0 Å². The predicted molar refractivity (Wildman–Crippen MR) is 107 cm³/mol. The van der Waals surface area contributed by atoms with Crippen molar-refractivity contribution in [3.63, 3.8) is 0 Å². The number of hydrogen-bond acceptors (Lipinski definition) is 5. The lowest BCUT2D eigenvalue weighted by Crippen LogP contribution is -2.06. The third kappa shape index (κ3) is 2.89. The molecule has 3 N–H and O–H groups in total. The Morgan fingerprint density at radius 3 is 2.70 bits per heavy atom. The summed E-state index contributed by atoms with van der Waals surface area (Å²) in [5.41, 5.74) is 9.98. The van der Waals surface area contributed by atoms with Crippen molar-refractivity contribution in [2.75, 3.05) is 5.73 Å². The maximum absolute atomic E-state index is 12.0. The number of pyridine rings is 1. The zero-order valence-electron chi connectivity index (χ0n) is 15.0. The van der Waals surface area contributed by atoms with E-state index in [4.69, 9.17) is 10.7 Å². The van der Waals surface area contributed by atoms with Crippen molar-refractivity contribution in [3.8, 4) is 22.6 Å². The molecule has 0 saturated carbocycles. The summed E-state index contributed by atoms with van der Waals surface area (Å²) in [4.78, 5) is 24.0. The first kappa shape index (κ1) is 16.7. The molecule has 27 heavy (non-hydrogen) atoms. The Morgan fingerprint density at radius 1 is 1.19 bits per heavy atom. The van der Waals surface area contributed by atoms with Crippen LogP contribution in [0.1, 0.15) is 12.6 Å². The number of fused-ring (bicyclic) bond motifs is 1. The smallest absolute Gasteiger partial charge is 0.255 e. The van der Waals surface area contributed by atoms with Gasteiger partial charge < -0.3 is 10.7 Å². The number of H-pyrrole nitrogens is 1. The summed E-state index contributed by atoms with van der Waals surface area (Å²) in [6.45, 7) is 5.78. The Hall–Kier alpha value is -3.74. The molecule has 0 fully saturated rings. The molecule has 0 unspecified atom stereocenters. The molecule has 7 heteroatoms. The molecule has 0 aliphatic carbocycles. The van der Waals surface area contributed by atoms with Crippen LogP contribution in [-0.2, 0) is 7.05 Å². The highest BCUT2D eigenvalue weighted by Gasteiger charge is 2.18. The molecule has 134 valence electrons.